The molecule has 1 amide bonds. The molecule has 0 aromatic carbocycles. The van der Waals surface area contributed by atoms with Gasteiger partial charge in [0.25, 0.3) is 5.56 Å². The molecule has 5 heterocycles. The molecule has 1 fully saturated rings. The van der Waals surface area contributed by atoms with Crippen LogP contribution in [0.25, 0.3) is 20.7 Å². The van der Waals surface area contributed by atoms with E-state index in [0.29, 0.717) is 23.4 Å². The van der Waals surface area contributed by atoms with Gasteiger partial charge < -0.3 is 5.32 Å². The number of rotatable bonds is 6. The van der Waals surface area contributed by atoms with Crippen LogP contribution >= 0.6 is 22.7 Å². The fourth-order valence-electron chi connectivity index (χ4n) is 4.56. The second-order valence-corrected chi connectivity index (χ2v) is 10.6. The predicted octanol–water partition coefficient (Wildman–Crippen LogP) is 4.16. The third-order valence-corrected chi connectivity index (χ3v) is 8.22. The Bertz CT molecular complexity index is 1390. The average Bonchev–Trinajstić information content (AvgIpc) is 3.54. The van der Waals surface area contributed by atoms with Gasteiger partial charge in [0.15, 0.2) is 0 Å². The summed E-state index contributed by atoms with van der Waals surface area (Å²) < 4.78 is 3.31. The molecule has 4 aromatic heterocycles. The molecule has 0 spiro atoms. The number of aromatic nitrogens is 4. The average molecular weight is 497 g/mol. The molecular weight excluding hydrogens is 468 g/mol. The first kappa shape index (κ1) is 22.9. The van der Waals surface area contributed by atoms with E-state index < -0.39 is 0 Å². The molecule has 34 heavy (non-hydrogen) atoms. The monoisotopic (exact) mass is 496 g/mol. The molecule has 0 atom stereocenters. The van der Waals surface area contributed by atoms with Gasteiger partial charge in [-0.3, -0.25) is 23.7 Å². The summed E-state index contributed by atoms with van der Waals surface area (Å²) in [7, 11) is 1.85. The zero-order valence-corrected chi connectivity index (χ0v) is 21.3. The Morgan fingerprint density at radius 2 is 1.97 bits per heavy atom. The first-order chi connectivity index (χ1) is 16.4. The van der Waals surface area contributed by atoms with Crippen molar-refractivity contribution in [2.24, 2.45) is 7.05 Å². The summed E-state index contributed by atoms with van der Waals surface area (Å²) in [6, 6.07) is 3.99. The van der Waals surface area contributed by atoms with Gasteiger partial charge >= 0.3 is 0 Å². The summed E-state index contributed by atoms with van der Waals surface area (Å²) in [5, 5.41) is 11.9. The van der Waals surface area contributed by atoms with Crippen molar-refractivity contribution in [3.05, 3.63) is 50.5 Å². The number of likely N-dealkylation sites (tertiary alicyclic amines) is 1. The van der Waals surface area contributed by atoms with Crippen molar-refractivity contribution < 1.29 is 4.79 Å². The lowest BCUT2D eigenvalue weighted by Crippen LogP contribution is -2.36. The van der Waals surface area contributed by atoms with Crippen LogP contribution in [0.2, 0.25) is 0 Å². The Morgan fingerprint density at radius 3 is 2.65 bits per heavy atom. The van der Waals surface area contributed by atoms with Crippen molar-refractivity contribution in [2.75, 3.05) is 18.4 Å². The maximum Gasteiger partial charge on any atom is 0.263 e. The number of thiophene rings is 2. The van der Waals surface area contributed by atoms with Crippen LogP contribution in [0.5, 0.6) is 0 Å². The molecule has 10 heteroatoms. The molecule has 0 unspecified atom stereocenters. The lowest BCUT2D eigenvalue weighted by molar-refractivity contribution is -0.116. The fourth-order valence-corrected chi connectivity index (χ4v) is 6.33. The Labute approximate surface area is 205 Å². The molecular formula is C24H28N6O2S2. The first-order valence-electron chi connectivity index (χ1n) is 11.5. The Hall–Kier alpha value is -2.82. The van der Waals surface area contributed by atoms with Crippen LogP contribution in [-0.2, 0) is 24.9 Å². The Kier molecular flexibility index (Phi) is 6.37. The number of fused-ring (bicyclic) bond motifs is 1. The van der Waals surface area contributed by atoms with Crippen LogP contribution in [-0.4, -0.2) is 43.2 Å². The first-order valence-corrected chi connectivity index (χ1v) is 13.3. The van der Waals surface area contributed by atoms with Gasteiger partial charge in [-0.15, -0.1) is 22.7 Å². The van der Waals surface area contributed by atoms with Crippen molar-refractivity contribution in [1.82, 2.24) is 24.2 Å². The van der Waals surface area contributed by atoms with Crippen molar-refractivity contribution in [3.63, 3.8) is 0 Å². The molecule has 0 saturated carbocycles. The van der Waals surface area contributed by atoms with E-state index in [1.807, 2.05) is 43.8 Å². The summed E-state index contributed by atoms with van der Waals surface area (Å²) in [5.41, 5.74) is 3.06. The van der Waals surface area contributed by atoms with E-state index in [9.17, 15) is 9.59 Å². The highest BCUT2D eigenvalue weighted by atomic mass is 32.1. The van der Waals surface area contributed by atoms with Gasteiger partial charge in [0.2, 0.25) is 5.91 Å². The molecule has 5 rings (SSSR count). The van der Waals surface area contributed by atoms with Gasteiger partial charge in [-0.05, 0) is 51.2 Å². The summed E-state index contributed by atoms with van der Waals surface area (Å²) in [5.74, 6) is 0.393. The highest BCUT2D eigenvalue weighted by Crippen LogP contribution is 2.34. The quantitative estimate of drug-likeness (QED) is 0.433. The Balaban J connectivity index is 1.54. The molecule has 8 nitrogen and oxygen atoms in total. The number of nitrogens with zero attached hydrogens (tertiary/aromatic N) is 5. The number of hydrogen-bond donors (Lipinski definition) is 1. The highest BCUT2D eigenvalue weighted by molar-refractivity contribution is 7.18. The van der Waals surface area contributed by atoms with Gasteiger partial charge in [0.1, 0.15) is 17.2 Å². The maximum atomic E-state index is 13.8. The summed E-state index contributed by atoms with van der Waals surface area (Å²) >= 11 is 3.09. The van der Waals surface area contributed by atoms with E-state index >= 15 is 0 Å². The zero-order chi connectivity index (χ0) is 23.8. The van der Waals surface area contributed by atoms with Crippen LogP contribution in [0, 0.1) is 13.8 Å². The molecule has 1 N–H and O–H groups in total. The number of nitrogens with one attached hydrogen (secondary N) is 1. The molecule has 4 aromatic rings. The second kappa shape index (κ2) is 9.44. The third kappa shape index (κ3) is 4.33. The number of carbonyl (C=O) groups excluding carboxylic acids is 1. The molecule has 0 radical (unpaired) electrons. The molecule has 1 aliphatic rings. The van der Waals surface area contributed by atoms with Crippen LogP contribution in [0.1, 0.15) is 36.5 Å². The maximum absolute atomic E-state index is 13.8. The van der Waals surface area contributed by atoms with Gasteiger partial charge in [-0.1, -0.05) is 12.5 Å². The van der Waals surface area contributed by atoms with Crippen molar-refractivity contribution in [3.8, 4) is 10.4 Å². The van der Waals surface area contributed by atoms with Gasteiger partial charge in [0.05, 0.1) is 29.0 Å². The number of piperidine rings is 1. The molecule has 1 saturated heterocycles. The summed E-state index contributed by atoms with van der Waals surface area (Å²) in [6.45, 7) is 6.23. The number of carbonyl (C=O) groups is 1. The van der Waals surface area contributed by atoms with Gasteiger partial charge in [-0.25, -0.2) is 4.98 Å². The van der Waals surface area contributed by atoms with E-state index in [2.05, 4.69) is 15.3 Å². The van der Waals surface area contributed by atoms with E-state index in [0.717, 1.165) is 52.6 Å². The van der Waals surface area contributed by atoms with Crippen LogP contribution in [0.3, 0.4) is 0 Å². The largest absolute Gasteiger partial charge is 0.321 e. The number of aryl methyl sites for hydroxylation is 2. The van der Waals surface area contributed by atoms with Crippen molar-refractivity contribution in [1.29, 1.82) is 0 Å². The van der Waals surface area contributed by atoms with Crippen molar-refractivity contribution >= 4 is 44.5 Å². The van der Waals surface area contributed by atoms with Crippen molar-refractivity contribution in [2.45, 2.75) is 46.2 Å². The fraction of sp³-hybridized carbons (Fsp3) is 0.417. The minimum absolute atomic E-state index is 0.0849. The van der Waals surface area contributed by atoms with Crippen LogP contribution < -0.4 is 10.9 Å². The smallest absolute Gasteiger partial charge is 0.263 e. The molecule has 0 aliphatic carbocycles. The number of hydrogen-bond acceptors (Lipinski definition) is 7. The van der Waals surface area contributed by atoms with Crippen LogP contribution in [0.15, 0.2) is 27.7 Å². The number of anilines is 1. The number of amides is 1. The summed E-state index contributed by atoms with van der Waals surface area (Å²) in [4.78, 5) is 36.0. The molecule has 1 aliphatic heterocycles. The van der Waals surface area contributed by atoms with Gasteiger partial charge in [0, 0.05) is 22.9 Å². The van der Waals surface area contributed by atoms with E-state index in [1.165, 1.54) is 17.8 Å². The van der Waals surface area contributed by atoms with E-state index in [1.54, 1.807) is 20.6 Å². The van der Waals surface area contributed by atoms with Gasteiger partial charge in [-0.2, -0.15) is 5.10 Å². The molecule has 0 bridgehead atoms. The SMILES string of the molecule is Cc1nn(C)c(C)c1NC(=O)Cn1c(CN2CCCCC2)nc2scc(-c3cccs3)c2c1=O. The standard InChI is InChI=1S/C24H28N6O2S2/c1-15-22(16(2)28(3)27-15)26-20(31)13-30-19(12-29-9-5-4-6-10-29)25-23-21(24(30)32)17(14-34-23)18-8-7-11-33-18/h7-8,11,14H,4-6,9-10,12-13H2,1-3H3,(H,26,31). The molecule has 178 valence electrons. The topological polar surface area (TPSA) is 85.1 Å². The lowest BCUT2D eigenvalue weighted by Gasteiger charge is -2.27. The van der Waals surface area contributed by atoms with E-state index in [-0.39, 0.29) is 18.0 Å². The normalized spacial score (nSPS) is 14.7. The lowest BCUT2D eigenvalue weighted by atomic mass is 10.1. The summed E-state index contributed by atoms with van der Waals surface area (Å²) in [6.07, 6.45) is 3.53. The Morgan fingerprint density at radius 1 is 1.18 bits per heavy atom. The predicted molar refractivity (Wildman–Crippen MR) is 138 cm³/mol. The minimum atomic E-state index is -0.254. The highest BCUT2D eigenvalue weighted by Gasteiger charge is 2.22. The van der Waals surface area contributed by atoms with Crippen LogP contribution in [0.4, 0.5) is 5.69 Å². The van der Waals surface area contributed by atoms with E-state index in [4.69, 9.17) is 4.98 Å². The second-order valence-electron chi connectivity index (χ2n) is 8.78. The zero-order valence-electron chi connectivity index (χ0n) is 19.6. The third-order valence-electron chi connectivity index (χ3n) is 6.45. The minimum Gasteiger partial charge on any atom is -0.321 e.